The fourth-order valence-electron chi connectivity index (χ4n) is 1.50. The third kappa shape index (κ3) is 3.41. The quantitative estimate of drug-likeness (QED) is 0.616. The average molecular weight is 273 g/mol. The van der Waals surface area contributed by atoms with Crippen LogP contribution < -0.4 is 4.74 Å². The molecule has 0 bridgehead atoms. The number of aromatic nitrogens is 1. The highest BCUT2D eigenvalue weighted by Gasteiger charge is 2.23. The molecule has 1 aromatic carbocycles. The SMILES string of the molecule is CC(C)(C)C(=O)Oc1ccc(-c2ccc(F)cn2)cc1. The van der Waals surface area contributed by atoms with Crippen molar-refractivity contribution in [1.82, 2.24) is 4.98 Å². The molecule has 4 heteroatoms. The summed E-state index contributed by atoms with van der Waals surface area (Å²) in [5, 5.41) is 0. The minimum atomic E-state index is -0.544. The van der Waals surface area contributed by atoms with Gasteiger partial charge in [-0.2, -0.15) is 0 Å². The van der Waals surface area contributed by atoms with Crippen LogP contribution in [0, 0.1) is 11.2 Å². The summed E-state index contributed by atoms with van der Waals surface area (Å²) < 4.78 is 18.1. The molecule has 0 atom stereocenters. The molecule has 0 amide bonds. The van der Waals surface area contributed by atoms with Crippen molar-refractivity contribution < 1.29 is 13.9 Å². The number of nitrogens with zero attached hydrogens (tertiary/aromatic N) is 1. The molecule has 1 aromatic heterocycles. The molecule has 0 aliphatic heterocycles. The van der Waals surface area contributed by atoms with Crippen molar-refractivity contribution in [3.8, 4) is 17.0 Å². The smallest absolute Gasteiger partial charge is 0.316 e. The molecular formula is C16H16FNO2. The number of hydrogen-bond acceptors (Lipinski definition) is 3. The van der Waals surface area contributed by atoms with E-state index in [1.165, 1.54) is 12.3 Å². The summed E-state index contributed by atoms with van der Waals surface area (Å²) in [6.07, 6.45) is 1.17. The fraction of sp³-hybridized carbons (Fsp3) is 0.250. The van der Waals surface area contributed by atoms with Crippen molar-refractivity contribution in [2.45, 2.75) is 20.8 Å². The van der Waals surface area contributed by atoms with Crippen LogP contribution in [0.4, 0.5) is 4.39 Å². The summed E-state index contributed by atoms with van der Waals surface area (Å²) in [6, 6.07) is 9.92. The van der Waals surface area contributed by atoms with Crippen LogP contribution in [-0.4, -0.2) is 11.0 Å². The van der Waals surface area contributed by atoms with Gasteiger partial charge in [0.25, 0.3) is 0 Å². The van der Waals surface area contributed by atoms with E-state index >= 15 is 0 Å². The van der Waals surface area contributed by atoms with E-state index in [9.17, 15) is 9.18 Å². The number of carbonyl (C=O) groups is 1. The van der Waals surface area contributed by atoms with Crippen LogP contribution >= 0.6 is 0 Å². The first-order valence-corrected chi connectivity index (χ1v) is 6.30. The molecule has 0 aliphatic carbocycles. The number of benzene rings is 1. The number of halogens is 1. The van der Waals surface area contributed by atoms with Crippen molar-refractivity contribution in [1.29, 1.82) is 0 Å². The predicted molar refractivity (Wildman–Crippen MR) is 74.7 cm³/mol. The van der Waals surface area contributed by atoms with Crippen LogP contribution in [0.1, 0.15) is 20.8 Å². The van der Waals surface area contributed by atoms with Crippen LogP contribution in [0.3, 0.4) is 0 Å². The Morgan fingerprint density at radius 1 is 1.10 bits per heavy atom. The Morgan fingerprint density at radius 3 is 2.25 bits per heavy atom. The highest BCUT2D eigenvalue weighted by molar-refractivity contribution is 5.78. The van der Waals surface area contributed by atoms with E-state index in [4.69, 9.17) is 4.74 Å². The van der Waals surface area contributed by atoms with Gasteiger partial charge in [-0.25, -0.2) is 4.39 Å². The van der Waals surface area contributed by atoms with E-state index in [2.05, 4.69) is 4.98 Å². The van der Waals surface area contributed by atoms with Gasteiger partial charge >= 0.3 is 5.97 Å². The predicted octanol–water partition coefficient (Wildman–Crippen LogP) is 3.84. The number of rotatable bonds is 2. The molecule has 1 heterocycles. The minimum Gasteiger partial charge on any atom is -0.426 e. The van der Waals surface area contributed by atoms with Crippen molar-refractivity contribution in [2.75, 3.05) is 0 Å². The lowest BCUT2D eigenvalue weighted by molar-refractivity contribution is -0.142. The van der Waals surface area contributed by atoms with Crippen molar-refractivity contribution >= 4 is 5.97 Å². The maximum atomic E-state index is 12.8. The standard InChI is InChI=1S/C16H16FNO2/c1-16(2,3)15(19)20-13-7-4-11(5-8-13)14-9-6-12(17)10-18-14/h4-10H,1-3H3. The molecule has 104 valence electrons. The lowest BCUT2D eigenvalue weighted by Gasteiger charge is -2.16. The maximum absolute atomic E-state index is 12.8. The minimum absolute atomic E-state index is 0.287. The summed E-state index contributed by atoms with van der Waals surface area (Å²) in [6.45, 7) is 5.39. The summed E-state index contributed by atoms with van der Waals surface area (Å²) in [4.78, 5) is 15.7. The summed E-state index contributed by atoms with van der Waals surface area (Å²) >= 11 is 0. The Balaban J connectivity index is 2.14. The number of carbonyl (C=O) groups excluding carboxylic acids is 1. The van der Waals surface area contributed by atoms with Gasteiger partial charge < -0.3 is 4.74 Å². The summed E-state index contributed by atoms with van der Waals surface area (Å²) in [5.74, 6) is -0.176. The number of esters is 1. The van der Waals surface area contributed by atoms with E-state index in [1.54, 1.807) is 51.1 Å². The third-order valence-electron chi connectivity index (χ3n) is 2.70. The molecule has 0 radical (unpaired) electrons. The number of ether oxygens (including phenoxy) is 1. The van der Waals surface area contributed by atoms with Gasteiger partial charge in [0.05, 0.1) is 17.3 Å². The Labute approximate surface area is 117 Å². The molecular weight excluding hydrogens is 257 g/mol. The number of pyridine rings is 1. The van der Waals surface area contributed by atoms with Gasteiger partial charge in [0, 0.05) is 5.56 Å². The van der Waals surface area contributed by atoms with Gasteiger partial charge in [-0.1, -0.05) is 0 Å². The van der Waals surface area contributed by atoms with Crippen LogP contribution in [0.25, 0.3) is 11.3 Å². The first-order valence-electron chi connectivity index (χ1n) is 6.30. The molecule has 0 N–H and O–H groups in total. The van der Waals surface area contributed by atoms with Gasteiger partial charge in [0.15, 0.2) is 0 Å². The highest BCUT2D eigenvalue weighted by Crippen LogP contribution is 2.23. The molecule has 0 unspecified atom stereocenters. The van der Waals surface area contributed by atoms with Crippen LogP contribution in [-0.2, 0) is 4.79 Å². The molecule has 2 rings (SSSR count). The zero-order valence-corrected chi connectivity index (χ0v) is 11.7. The van der Waals surface area contributed by atoms with E-state index in [-0.39, 0.29) is 11.8 Å². The topological polar surface area (TPSA) is 39.2 Å². The molecule has 0 spiro atoms. The first-order chi connectivity index (χ1) is 9.36. The molecule has 0 saturated carbocycles. The monoisotopic (exact) mass is 273 g/mol. The molecule has 0 fully saturated rings. The third-order valence-corrected chi connectivity index (χ3v) is 2.70. The van der Waals surface area contributed by atoms with Crippen LogP contribution in [0.5, 0.6) is 5.75 Å². The van der Waals surface area contributed by atoms with Crippen molar-refractivity contribution in [3.63, 3.8) is 0 Å². The van der Waals surface area contributed by atoms with Gasteiger partial charge in [-0.3, -0.25) is 9.78 Å². The molecule has 0 saturated heterocycles. The first kappa shape index (κ1) is 14.2. The molecule has 3 nitrogen and oxygen atoms in total. The van der Waals surface area contributed by atoms with Gasteiger partial charge in [-0.05, 0) is 57.2 Å². The highest BCUT2D eigenvalue weighted by atomic mass is 19.1. The van der Waals surface area contributed by atoms with Gasteiger partial charge in [-0.15, -0.1) is 0 Å². The van der Waals surface area contributed by atoms with Crippen molar-refractivity contribution in [2.24, 2.45) is 5.41 Å². The van der Waals surface area contributed by atoms with Gasteiger partial charge in [0.1, 0.15) is 11.6 Å². The van der Waals surface area contributed by atoms with Crippen LogP contribution in [0.2, 0.25) is 0 Å². The Bertz CT molecular complexity index is 598. The second-order valence-electron chi connectivity index (χ2n) is 5.53. The zero-order valence-electron chi connectivity index (χ0n) is 11.7. The lowest BCUT2D eigenvalue weighted by Crippen LogP contribution is -2.25. The Morgan fingerprint density at radius 2 is 1.75 bits per heavy atom. The maximum Gasteiger partial charge on any atom is 0.316 e. The van der Waals surface area contributed by atoms with E-state index in [1.807, 2.05) is 0 Å². The second kappa shape index (κ2) is 5.41. The molecule has 0 aliphatic rings. The summed E-state index contributed by atoms with van der Waals surface area (Å²) in [5.41, 5.74) is 0.956. The average Bonchev–Trinajstić information content (AvgIpc) is 2.39. The zero-order chi connectivity index (χ0) is 14.8. The second-order valence-corrected chi connectivity index (χ2v) is 5.53. The Hall–Kier alpha value is -2.23. The molecule has 20 heavy (non-hydrogen) atoms. The van der Waals surface area contributed by atoms with Crippen molar-refractivity contribution in [3.05, 3.63) is 48.4 Å². The fourth-order valence-corrected chi connectivity index (χ4v) is 1.50. The largest absolute Gasteiger partial charge is 0.426 e. The van der Waals surface area contributed by atoms with Gasteiger partial charge in [0.2, 0.25) is 0 Å². The van der Waals surface area contributed by atoms with E-state index < -0.39 is 5.41 Å². The molecule has 2 aromatic rings. The normalized spacial score (nSPS) is 11.2. The van der Waals surface area contributed by atoms with E-state index in [0.717, 1.165) is 5.56 Å². The number of hydrogen-bond donors (Lipinski definition) is 0. The van der Waals surface area contributed by atoms with Crippen LogP contribution in [0.15, 0.2) is 42.6 Å². The van der Waals surface area contributed by atoms with E-state index in [0.29, 0.717) is 11.4 Å². The summed E-state index contributed by atoms with van der Waals surface area (Å²) in [7, 11) is 0. The Kier molecular flexibility index (Phi) is 3.84. The lowest BCUT2D eigenvalue weighted by atomic mass is 9.97.